The molecule has 128 valence electrons. The lowest BCUT2D eigenvalue weighted by molar-refractivity contribution is 0.210. The highest BCUT2D eigenvalue weighted by Gasteiger charge is 2.08. The summed E-state index contributed by atoms with van der Waals surface area (Å²) in [5.74, 6) is 2.20. The van der Waals surface area contributed by atoms with Gasteiger partial charge in [0.05, 0.1) is 6.61 Å². The number of ether oxygens (including phenoxy) is 1. The average Bonchev–Trinajstić information content (AvgIpc) is 2.64. The summed E-state index contributed by atoms with van der Waals surface area (Å²) in [6.45, 7) is 3.37. The lowest BCUT2D eigenvalue weighted by Gasteiger charge is -2.13. The maximum Gasteiger partial charge on any atom is 0.163 e. The molecule has 0 bridgehead atoms. The molecule has 0 aliphatic rings. The molecule has 0 unspecified atom stereocenters. The van der Waals surface area contributed by atoms with Crippen molar-refractivity contribution in [3.05, 3.63) is 66.2 Å². The molecule has 0 amide bonds. The first-order chi connectivity index (χ1) is 12.3. The second-order valence-corrected chi connectivity index (χ2v) is 5.69. The highest BCUT2D eigenvalue weighted by molar-refractivity contribution is 5.66. The Labute approximate surface area is 148 Å². The van der Waals surface area contributed by atoms with E-state index in [2.05, 4.69) is 33.6 Å². The van der Waals surface area contributed by atoms with Crippen LogP contribution in [0.2, 0.25) is 0 Å². The fourth-order valence-electron chi connectivity index (χ4n) is 2.45. The number of hydrogen-bond donors (Lipinski definition) is 2. The van der Waals surface area contributed by atoms with E-state index in [0.717, 1.165) is 28.5 Å². The van der Waals surface area contributed by atoms with Gasteiger partial charge in [0, 0.05) is 31.0 Å². The number of methoxy groups -OCH3 is 1. The molecule has 0 saturated heterocycles. The van der Waals surface area contributed by atoms with Gasteiger partial charge in [-0.05, 0) is 18.6 Å². The number of para-hydroxylation sites is 1. The molecule has 0 spiro atoms. The zero-order valence-corrected chi connectivity index (χ0v) is 14.5. The van der Waals surface area contributed by atoms with Gasteiger partial charge in [0.25, 0.3) is 0 Å². The van der Waals surface area contributed by atoms with Crippen LogP contribution in [-0.2, 0) is 4.74 Å². The van der Waals surface area contributed by atoms with Crippen LogP contribution >= 0.6 is 0 Å². The lowest BCUT2D eigenvalue weighted by Crippen LogP contribution is -2.10. The molecular weight excluding hydrogens is 312 g/mol. The Hall–Kier alpha value is -2.92. The van der Waals surface area contributed by atoms with Crippen LogP contribution in [0.1, 0.15) is 5.56 Å². The zero-order chi connectivity index (χ0) is 17.5. The third-order valence-corrected chi connectivity index (χ3v) is 3.78. The van der Waals surface area contributed by atoms with Crippen molar-refractivity contribution in [2.45, 2.75) is 6.92 Å². The first kappa shape index (κ1) is 16.9. The van der Waals surface area contributed by atoms with Crippen LogP contribution in [0.5, 0.6) is 0 Å². The van der Waals surface area contributed by atoms with Gasteiger partial charge < -0.3 is 15.4 Å². The molecule has 5 nitrogen and oxygen atoms in total. The SMILES string of the molecule is COCCNc1cc(Nc2ccccc2C)nc(-c2ccccc2)n1. The highest BCUT2D eigenvalue weighted by atomic mass is 16.5. The minimum absolute atomic E-state index is 0.616. The predicted molar refractivity (Wildman–Crippen MR) is 102 cm³/mol. The van der Waals surface area contributed by atoms with Crippen molar-refractivity contribution in [2.75, 3.05) is 30.9 Å². The van der Waals surface area contributed by atoms with Crippen molar-refractivity contribution < 1.29 is 4.74 Å². The van der Waals surface area contributed by atoms with Crippen LogP contribution < -0.4 is 10.6 Å². The fourth-order valence-corrected chi connectivity index (χ4v) is 2.45. The lowest BCUT2D eigenvalue weighted by atomic mass is 10.2. The quantitative estimate of drug-likeness (QED) is 0.633. The number of rotatable bonds is 7. The van der Waals surface area contributed by atoms with Crippen molar-refractivity contribution in [2.24, 2.45) is 0 Å². The van der Waals surface area contributed by atoms with E-state index < -0.39 is 0 Å². The van der Waals surface area contributed by atoms with Crippen molar-refractivity contribution in [3.8, 4) is 11.4 Å². The molecule has 0 radical (unpaired) electrons. The Balaban J connectivity index is 1.93. The molecule has 0 aliphatic heterocycles. The van der Waals surface area contributed by atoms with Crippen LogP contribution in [0.25, 0.3) is 11.4 Å². The molecule has 25 heavy (non-hydrogen) atoms. The largest absolute Gasteiger partial charge is 0.383 e. The maximum atomic E-state index is 5.10. The van der Waals surface area contributed by atoms with Gasteiger partial charge in [0.2, 0.25) is 0 Å². The van der Waals surface area contributed by atoms with Gasteiger partial charge in [0.15, 0.2) is 5.82 Å². The number of hydrogen-bond acceptors (Lipinski definition) is 5. The summed E-state index contributed by atoms with van der Waals surface area (Å²) >= 11 is 0. The molecule has 0 atom stereocenters. The monoisotopic (exact) mass is 334 g/mol. The summed E-state index contributed by atoms with van der Waals surface area (Å²) in [6, 6.07) is 20.0. The minimum atomic E-state index is 0.616. The molecule has 0 saturated carbocycles. The first-order valence-electron chi connectivity index (χ1n) is 8.26. The van der Waals surface area contributed by atoms with Crippen LogP contribution in [-0.4, -0.2) is 30.2 Å². The minimum Gasteiger partial charge on any atom is -0.383 e. The number of aromatic nitrogens is 2. The first-order valence-corrected chi connectivity index (χ1v) is 8.26. The Morgan fingerprint density at radius 2 is 1.64 bits per heavy atom. The topological polar surface area (TPSA) is 59.1 Å². The van der Waals surface area contributed by atoms with Crippen LogP contribution in [0.4, 0.5) is 17.3 Å². The zero-order valence-electron chi connectivity index (χ0n) is 14.5. The Bertz CT molecular complexity index is 821. The summed E-state index contributed by atoms with van der Waals surface area (Å²) < 4.78 is 5.10. The molecule has 1 aromatic heterocycles. The van der Waals surface area contributed by atoms with Crippen molar-refractivity contribution in [3.63, 3.8) is 0 Å². The van der Waals surface area contributed by atoms with Crippen LogP contribution in [0, 0.1) is 6.92 Å². The van der Waals surface area contributed by atoms with Gasteiger partial charge in [-0.2, -0.15) is 0 Å². The smallest absolute Gasteiger partial charge is 0.163 e. The van der Waals surface area contributed by atoms with Gasteiger partial charge >= 0.3 is 0 Å². The fraction of sp³-hybridized carbons (Fsp3) is 0.200. The summed E-state index contributed by atoms with van der Waals surface area (Å²) in [5.41, 5.74) is 3.17. The number of nitrogens with zero attached hydrogens (tertiary/aromatic N) is 2. The third kappa shape index (κ3) is 4.55. The van der Waals surface area contributed by atoms with Gasteiger partial charge in [0.1, 0.15) is 11.6 Å². The number of benzene rings is 2. The summed E-state index contributed by atoms with van der Waals surface area (Å²) in [4.78, 5) is 9.30. The van der Waals surface area contributed by atoms with E-state index in [-0.39, 0.29) is 0 Å². The molecule has 3 aromatic rings. The Morgan fingerprint density at radius 1 is 0.920 bits per heavy atom. The predicted octanol–water partition coefficient (Wildman–Crippen LogP) is 4.25. The highest BCUT2D eigenvalue weighted by Crippen LogP contribution is 2.24. The second-order valence-electron chi connectivity index (χ2n) is 5.69. The van der Waals surface area contributed by atoms with E-state index in [1.807, 2.05) is 54.6 Å². The van der Waals surface area contributed by atoms with Gasteiger partial charge in [-0.15, -0.1) is 0 Å². The van der Waals surface area contributed by atoms with Gasteiger partial charge in [-0.3, -0.25) is 0 Å². The average molecular weight is 334 g/mol. The summed E-state index contributed by atoms with van der Waals surface area (Å²) in [6.07, 6.45) is 0. The Kier molecular flexibility index (Phi) is 5.59. The number of nitrogens with one attached hydrogen (secondary N) is 2. The van der Waals surface area contributed by atoms with Crippen molar-refractivity contribution in [1.29, 1.82) is 0 Å². The van der Waals surface area contributed by atoms with Gasteiger partial charge in [-0.1, -0.05) is 48.5 Å². The molecule has 0 fully saturated rings. The Morgan fingerprint density at radius 3 is 2.40 bits per heavy atom. The van der Waals surface area contributed by atoms with Crippen LogP contribution in [0.3, 0.4) is 0 Å². The molecule has 0 aliphatic carbocycles. The van der Waals surface area contributed by atoms with Crippen molar-refractivity contribution >= 4 is 17.3 Å². The van der Waals surface area contributed by atoms with Crippen LogP contribution in [0.15, 0.2) is 60.7 Å². The number of aryl methyl sites for hydroxylation is 1. The molecule has 5 heteroatoms. The normalized spacial score (nSPS) is 10.5. The molecule has 2 N–H and O–H groups in total. The summed E-state index contributed by atoms with van der Waals surface area (Å²) in [7, 11) is 1.68. The van der Waals surface area contributed by atoms with E-state index in [1.54, 1.807) is 7.11 Å². The van der Waals surface area contributed by atoms with Crippen molar-refractivity contribution in [1.82, 2.24) is 9.97 Å². The molecule has 3 rings (SSSR count). The summed E-state index contributed by atoms with van der Waals surface area (Å²) in [5, 5.41) is 6.67. The maximum absolute atomic E-state index is 5.10. The molecule has 1 heterocycles. The third-order valence-electron chi connectivity index (χ3n) is 3.78. The van der Waals surface area contributed by atoms with E-state index in [1.165, 1.54) is 0 Å². The van der Waals surface area contributed by atoms with E-state index >= 15 is 0 Å². The van der Waals surface area contributed by atoms with E-state index in [4.69, 9.17) is 4.74 Å². The standard InChI is InChI=1S/C20H22N4O/c1-15-8-6-7-11-17(15)22-19-14-18(21-12-13-25-2)23-20(24-19)16-9-4-3-5-10-16/h3-11,14H,12-13H2,1-2H3,(H2,21,22,23,24). The van der Waals surface area contributed by atoms with E-state index in [9.17, 15) is 0 Å². The van der Waals surface area contributed by atoms with E-state index in [0.29, 0.717) is 19.0 Å². The van der Waals surface area contributed by atoms with Gasteiger partial charge in [-0.25, -0.2) is 9.97 Å². The number of anilines is 3. The second kappa shape index (κ2) is 8.26. The molecular formula is C20H22N4O. The molecule has 2 aromatic carbocycles.